The van der Waals surface area contributed by atoms with Crippen molar-refractivity contribution in [2.75, 3.05) is 12.1 Å². The fraction of sp³-hybridized carbons (Fsp3) is 0.200. The molecule has 0 aliphatic carbocycles. The molecular formula is C10H12FIN4. The molecular weight excluding hydrogens is 322 g/mol. The minimum absolute atomic E-state index is 0. The largest absolute Gasteiger partial charge is 0.386 e. The van der Waals surface area contributed by atoms with Gasteiger partial charge in [0.25, 0.3) is 0 Å². The number of nitriles is 1. The summed E-state index contributed by atoms with van der Waals surface area (Å²) in [5.74, 6) is -0.225. The van der Waals surface area contributed by atoms with E-state index in [0.717, 1.165) is 0 Å². The van der Waals surface area contributed by atoms with E-state index in [-0.39, 0.29) is 29.5 Å². The Hall–Kier alpha value is -1.36. The third-order valence-corrected chi connectivity index (χ3v) is 1.76. The summed E-state index contributed by atoms with van der Waals surface area (Å²) in [7, 11) is 1.60. The predicted molar refractivity (Wildman–Crippen MR) is 72.2 cm³/mol. The fourth-order valence-corrected chi connectivity index (χ4v) is 1.18. The van der Waals surface area contributed by atoms with Gasteiger partial charge in [0.1, 0.15) is 23.3 Å². The number of rotatable bonds is 2. The molecule has 6 heteroatoms. The zero-order valence-corrected chi connectivity index (χ0v) is 11.3. The summed E-state index contributed by atoms with van der Waals surface area (Å²) in [6.07, 6.45) is 0. The van der Waals surface area contributed by atoms with Crippen LogP contribution in [0.2, 0.25) is 0 Å². The molecule has 4 nitrogen and oxygen atoms in total. The highest BCUT2D eigenvalue weighted by Crippen LogP contribution is 2.21. The van der Waals surface area contributed by atoms with Crippen LogP contribution in [0.25, 0.3) is 0 Å². The monoisotopic (exact) mass is 334 g/mol. The molecule has 1 aromatic carbocycles. The van der Waals surface area contributed by atoms with Gasteiger partial charge in [0.05, 0.1) is 5.69 Å². The Bertz CT molecular complexity index is 435. The normalized spacial score (nSPS) is 10.2. The van der Waals surface area contributed by atoms with E-state index in [1.54, 1.807) is 26.1 Å². The highest BCUT2D eigenvalue weighted by Gasteiger charge is 2.10. The van der Waals surface area contributed by atoms with E-state index in [9.17, 15) is 4.39 Å². The SMILES string of the molecule is C/C(N)=N\N(C)c1cccc(F)c1C#N.I. The van der Waals surface area contributed by atoms with E-state index in [4.69, 9.17) is 11.0 Å². The van der Waals surface area contributed by atoms with Gasteiger partial charge in [-0.05, 0) is 19.1 Å². The Labute approximate surface area is 111 Å². The van der Waals surface area contributed by atoms with E-state index in [0.29, 0.717) is 11.5 Å². The lowest BCUT2D eigenvalue weighted by molar-refractivity contribution is 0.623. The molecule has 0 spiro atoms. The van der Waals surface area contributed by atoms with Crippen molar-refractivity contribution in [2.24, 2.45) is 10.8 Å². The molecule has 0 radical (unpaired) electrons. The van der Waals surface area contributed by atoms with Crippen LogP contribution in [0.1, 0.15) is 12.5 Å². The zero-order chi connectivity index (χ0) is 11.4. The molecule has 16 heavy (non-hydrogen) atoms. The van der Waals surface area contributed by atoms with Gasteiger partial charge < -0.3 is 5.73 Å². The summed E-state index contributed by atoms with van der Waals surface area (Å²) in [5.41, 5.74) is 5.75. The Kier molecular flexibility index (Phi) is 5.74. The molecule has 0 amide bonds. The molecule has 0 saturated carbocycles. The summed E-state index contributed by atoms with van der Waals surface area (Å²) in [6, 6.07) is 6.14. The molecule has 0 unspecified atom stereocenters. The zero-order valence-electron chi connectivity index (χ0n) is 8.94. The number of hydrazone groups is 1. The maximum Gasteiger partial charge on any atom is 0.143 e. The minimum Gasteiger partial charge on any atom is -0.386 e. The maximum atomic E-state index is 13.2. The summed E-state index contributed by atoms with van der Waals surface area (Å²) in [4.78, 5) is 0. The van der Waals surface area contributed by atoms with Crippen LogP contribution in [0.4, 0.5) is 10.1 Å². The molecule has 0 aliphatic heterocycles. The quantitative estimate of drug-likeness (QED) is 0.390. The van der Waals surface area contributed by atoms with Crippen molar-refractivity contribution in [3.8, 4) is 6.07 Å². The van der Waals surface area contributed by atoms with Gasteiger partial charge in [-0.15, -0.1) is 24.0 Å². The van der Waals surface area contributed by atoms with Gasteiger partial charge in [0.2, 0.25) is 0 Å². The highest BCUT2D eigenvalue weighted by atomic mass is 127. The molecule has 0 fully saturated rings. The first-order valence-electron chi connectivity index (χ1n) is 4.29. The van der Waals surface area contributed by atoms with Gasteiger partial charge in [-0.2, -0.15) is 10.4 Å². The molecule has 0 bridgehead atoms. The van der Waals surface area contributed by atoms with E-state index in [1.807, 2.05) is 0 Å². The number of nitrogens with two attached hydrogens (primary N) is 1. The second-order valence-corrected chi connectivity index (χ2v) is 3.01. The van der Waals surface area contributed by atoms with Crippen LogP contribution < -0.4 is 10.7 Å². The van der Waals surface area contributed by atoms with Gasteiger partial charge in [-0.25, -0.2) is 4.39 Å². The second-order valence-electron chi connectivity index (χ2n) is 3.01. The van der Waals surface area contributed by atoms with Gasteiger partial charge in [-0.1, -0.05) is 6.07 Å². The third kappa shape index (κ3) is 3.34. The number of halogens is 2. The van der Waals surface area contributed by atoms with Crippen molar-refractivity contribution in [1.82, 2.24) is 0 Å². The lowest BCUT2D eigenvalue weighted by atomic mass is 10.2. The minimum atomic E-state index is -0.563. The number of hydrogen-bond donors (Lipinski definition) is 1. The van der Waals surface area contributed by atoms with Crippen molar-refractivity contribution >= 4 is 35.5 Å². The Balaban J connectivity index is 0.00000225. The first-order chi connectivity index (χ1) is 7.06. The van der Waals surface area contributed by atoms with Crippen LogP contribution in [0.3, 0.4) is 0 Å². The standard InChI is InChI=1S/C10H11FN4.HI/c1-7(13)14-15(2)10-5-3-4-9(11)8(10)6-12;/h3-5H,1-2H3,(H2,13,14);1H. The molecule has 1 rings (SSSR count). The molecule has 0 saturated heterocycles. The lowest BCUT2D eigenvalue weighted by Gasteiger charge is -2.14. The van der Waals surface area contributed by atoms with E-state index in [1.165, 1.54) is 17.1 Å². The summed E-state index contributed by atoms with van der Waals surface area (Å²) >= 11 is 0. The molecule has 0 aromatic heterocycles. The van der Waals surface area contributed by atoms with Crippen LogP contribution >= 0.6 is 24.0 Å². The van der Waals surface area contributed by atoms with Crippen molar-refractivity contribution in [3.05, 3.63) is 29.6 Å². The Morgan fingerprint density at radius 3 is 2.69 bits per heavy atom. The summed E-state index contributed by atoms with van der Waals surface area (Å²) in [5, 5.41) is 14.1. The number of hydrogen-bond acceptors (Lipinski definition) is 3. The summed E-state index contributed by atoms with van der Waals surface area (Å²) in [6.45, 7) is 1.61. The number of anilines is 1. The van der Waals surface area contributed by atoms with Crippen molar-refractivity contribution < 1.29 is 4.39 Å². The molecule has 0 aliphatic rings. The van der Waals surface area contributed by atoms with Crippen molar-refractivity contribution in [1.29, 1.82) is 5.26 Å². The van der Waals surface area contributed by atoms with Crippen LogP contribution in [-0.4, -0.2) is 12.9 Å². The predicted octanol–water partition coefficient (Wildman–Crippen LogP) is 2.04. The van der Waals surface area contributed by atoms with Crippen LogP contribution in [0, 0.1) is 17.1 Å². The molecule has 0 atom stereocenters. The van der Waals surface area contributed by atoms with Crippen molar-refractivity contribution in [3.63, 3.8) is 0 Å². The van der Waals surface area contributed by atoms with Gasteiger partial charge in [-0.3, -0.25) is 5.01 Å². The molecule has 86 valence electrons. The van der Waals surface area contributed by atoms with E-state index in [2.05, 4.69) is 5.10 Å². The van der Waals surface area contributed by atoms with Gasteiger partial charge >= 0.3 is 0 Å². The first kappa shape index (κ1) is 14.6. The number of benzene rings is 1. The molecule has 2 N–H and O–H groups in total. The van der Waals surface area contributed by atoms with Crippen LogP contribution in [-0.2, 0) is 0 Å². The average Bonchev–Trinajstić information content (AvgIpc) is 2.16. The van der Waals surface area contributed by atoms with Crippen LogP contribution in [0.15, 0.2) is 23.3 Å². The van der Waals surface area contributed by atoms with E-state index < -0.39 is 5.82 Å². The first-order valence-corrected chi connectivity index (χ1v) is 4.29. The Morgan fingerprint density at radius 1 is 1.56 bits per heavy atom. The highest BCUT2D eigenvalue weighted by molar-refractivity contribution is 14.0. The Morgan fingerprint density at radius 2 is 2.19 bits per heavy atom. The number of amidine groups is 1. The number of nitrogens with zero attached hydrogens (tertiary/aromatic N) is 3. The molecule has 0 heterocycles. The van der Waals surface area contributed by atoms with Gasteiger partial charge in [0, 0.05) is 7.05 Å². The lowest BCUT2D eigenvalue weighted by Crippen LogP contribution is -2.17. The third-order valence-electron chi connectivity index (χ3n) is 1.76. The van der Waals surface area contributed by atoms with Crippen LogP contribution in [0.5, 0.6) is 0 Å². The van der Waals surface area contributed by atoms with Crippen molar-refractivity contribution in [2.45, 2.75) is 6.92 Å². The smallest absolute Gasteiger partial charge is 0.143 e. The fourth-order valence-electron chi connectivity index (χ4n) is 1.18. The summed E-state index contributed by atoms with van der Waals surface area (Å²) < 4.78 is 13.2. The topological polar surface area (TPSA) is 65.4 Å². The average molecular weight is 334 g/mol. The van der Waals surface area contributed by atoms with E-state index >= 15 is 0 Å². The second kappa shape index (κ2) is 6.27. The van der Waals surface area contributed by atoms with Gasteiger partial charge in [0.15, 0.2) is 0 Å². The maximum absolute atomic E-state index is 13.2. The molecule has 1 aromatic rings.